The highest BCUT2D eigenvalue weighted by atomic mass is 31.3. The topological polar surface area (TPSA) is 306 Å². The Balaban J connectivity index is 1.75. The van der Waals surface area contributed by atoms with E-state index in [0.29, 0.717) is 4.57 Å². The first kappa shape index (κ1) is 26.7. The zero-order valence-electron chi connectivity index (χ0n) is 16.2. The lowest BCUT2D eigenvalue weighted by molar-refractivity contribution is -0.0541. The number of hydrogen-bond acceptors (Lipinski definition) is 13. The Morgan fingerprint density at radius 3 is 2.32 bits per heavy atom. The molecule has 2 aromatic rings. The molecule has 1 aliphatic rings. The normalized spacial score (nSPS) is 26.8. The third-order valence-electron chi connectivity index (χ3n) is 4.09. The molecule has 20 nitrogen and oxygen atoms in total. The van der Waals surface area contributed by atoms with Gasteiger partial charge in [-0.1, -0.05) is 0 Å². The van der Waals surface area contributed by atoms with Crippen LogP contribution in [0.1, 0.15) is 6.23 Å². The van der Waals surface area contributed by atoms with Crippen LogP contribution < -0.4 is 11.2 Å². The molecule has 0 amide bonds. The first-order valence-corrected chi connectivity index (χ1v) is 13.1. The molecule has 0 saturated carbocycles. The average molecular weight is 551 g/mol. The summed E-state index contributed by atoms with van der Waals surface area (Å²) in [5, 5.41) is 29.9. The number of ether oxygens (including phenoxy) is 1. The van der Waals surface area contributed by atoms with Crippen LogP contribution in [0.2, 0.25) is 0 Å². The lowest BCUT2D eigenvalue weighted by Crippen LogP contribution is -2.38. The summed E-state index contributed by atoms with van der Waals surface area (Å²) >= 11 is 0. The highest BCUT2D eigenvalue weighted by molar-refractivity contribution is 7.66. The number of hydrogen-bond donors (Lipinski definition) is 8. The molecule has 8 N–H and O–H groups in total. The van der Waals surface area contributed by atoms with Gasteiger partial charge < -0.3 is 34.5 Å². The van der Waals surface area contributed by atoms with Gasteiger partial charge in [-0.05, 0) is 0 Å². The summed E-state index contributed by atoms with van der Waals surface area (Å²) in [6.07, 6.45) is -4.88. The van der Waals surface area contributed by atoms with E-state index in [0.717, 1.165) is 12.4 Å². The molecule has 190 valence electrons. The molecular formula is C11H16N5O15P3. The molecule has 6 atom stereocenters. The smallest absolute Gasteiger partial charge is 0.387 e. The van der Waals surface area contributed by atoms with Crippen molar-refractivity contribution in [1.82, 2.24) is 25.0 Å². The summed E-state index contributed by atoms with van der Waals surface area (Å²) < 4.78 is 51.2. The highest BCUT2D eigenvalue weighted by Gasteiger charge is 2.47. The van der Waals surface area contributed by atoms with Gasteiger partial charge in [-0.15, -0.1) is 0 Å². The molecule has 23 heteroatoms. The Bertz CT molecular complexity index is 1290. The van der Waals surface area contributed by atoms with Crippen LogP contribution >= 0.6 is 23.5 Å². The van der Waals surface area contributed by atoms with Crippen molar-refractivity contribution in [1.29, 1.82) is 0 Å². The van der Waals surface area contributed by atoms with Crippen molar-refractivity contribution >= 4 is 23.5 Å². The Morgan fingerprint density at radius 2 is 1.74 bits per heavy atom. The SMILES string of the molecule is O=c1[nH]c(=O)n([C@@H]2O[C@H](COP(=O)(O)OP(=O)(O)OP(=O)(O)O)C(O)[C@@H]2O)cc1-c1cn[nH]n1. The van der Waals surface area contributed by atoms with E-state index in [-0.39, 0.29) is 11.3 Å². The second kappa shape index (κ2) is 9.63. The molecule has 34 heavy (non-hydrogen) atoms. The van der Waals surface area contributed by atoms with E-state index in [1.165, 1.54) is 0 Å². The van der Waals surface area contributed by atoms with Gasteiger partial charge >= 0.3 is 29.2 Å². The van der Waals surface area contributed by atoms with E-state index in [1.54, 1.807) is 0 Å². The summed E-state index contributed by atoms with van der Waals surface area (Å²) in [6.45, 7) is -1.09. The van der Waals surface area contributed by atoms with Gasteiger partial charge in [0.2, 0.25) is 0 Å². The van der Waals surface area contributed by atoms with Crippen LogP contribution in [0, 0.1) is 0 Å². The number of aliphatic hydroxyl groups excluding tert-OH is 2. The summed E-state index contributed by atoms with van der Waals surface area (Å²) in [5.41, 5.74) is -2.07. The van der Waals surface area contributed by atoms with E-state index in [1.807, 2.05) is 4.98 Å². The van der Waals surface area contributed by atoms with Gasteiger partial charge in [-0.3, -0.25) is 18.9 Å². The third-order valence-corrected chi connectivity index (χ3v) is 7.89. The van der Waals surface area contributed by atoms with Crippen LogP contribution in [0.4, 0.5) is 0 Å². The Hall–Kier alpha value is -1.89. The number of phosphoric acid groups is 3. The number of nitrogens with zero attached hydrogens (tertiary/aromatic N) is 3. The number of H-pyrrole nitrogens is 2. The average Bonchev–Trinajstić information content (AvgIpc) is 3.28. The fourth-order valence-electron chi connectivity index (χ4n) is 2.76. The standard InChI is InChI=1S/C11H16N5O15P3/c17-7-6(3-28-33(24,25)31-34(26,27)30-32(21,22)23)29-10(8(7)18)16-2-4(5-1-12-15-14-5)9(19)13-11(16)20/h1-2,6-8,10,17-18H,3H2,(H,24,25)(H,26,27)(H,12,14,15)(H,13,19,20)(H2,21,22,23)/t6-,7?,8+,10-/m1/s1. The zero-order valence-corrected chi connectivity index (χ0v) is 18.9. The largest absolute Gasteiger partial charge is 0.490 e. The van der Waals surface area contributed by atoms with Crippen molar-refractivity contribution in [2.75, 3.05) is 6.61 Å². The molecule has 0 bridgehead atoms. The van der Waals surface area contributed by atoms with Crippen molar-refractivity contribution in [2.45, 2.75) is 24.5 Å². The summed E-state index contributed by atoms with van der Waals surface area (Å²) in [5.74, 6) is 0. The second-order valence-electron chi connectivity index (χ2n) is 6.50. The summed E-state index contributed by atoms with van der Waals surface area (Å²) in [4.78, 5) is 61.8. The second-order valence-corrected chi connectivity index (χ2v) is 10.9. The van der Waals surface area contributed by atoms with Gasteiger partial charge in [0.25, 0.3) is 5.56 Å². The lowest BCUT2D eigenvalue weighted by atomic mass is 10.1. The van der Waals surface area contributed by atoms with Gasteiger partial charge in [0.1, 0.15) is 24.0 Å². The van der Waals surface area contributed by atoms with Crippen molar-refractivity contribution < 1.29 is 61.4 Å². The Labute approximate surface area is 186 Å². The summed E-state index contributed by atoms with van der Waals surface area (Å²) in [7, 11) is -16.9. The number of aromatic amines is 2. The summed E-state index contributed by atoms with van der Waals surface area (Å²) in [6, 6.07) is 0. The predicted octanol–water partition coefficient (Wildman–Crippen LogP) is -2.72. The van der Waals surface area contributed by atoms with E-state index in [9.17, 15) is 38.4 Å². The van der Waals surface area contributed by atoms with E-state index >= 15 is 0 Å². The monoisotopic (exact) mass is 551 g/mol. The molecule has 0 radical (unpaired) electrons. The minimum Gasteiger partial charge on any atom is -0.387 e. The number of aromatic nitrogens is 5. The quantitative estimate of drug-likeness (QED) is 0.147. The molecule has 1 fully saturated rings. The van der Waals surface area contributed by atoms with E-state index in [4.69, 9.17) is 19.4 Å². The molecule has 0 aromatic carbocycles. The maximum absolute atomic E-state index is 12.2. The Kier molecular flexibility index (Phi) is 7.57. The minimum absolute atomic E-state index is 0.0206. The number of nitrogens with one attached hydrogen (secondary N) is 2. The molecule has 3 heterocycles. The maximum atomic E-state index is 12.2. The van der Waals surface area contributed by atoms with Gasteiger partial charge in [0, 0.05) is 6.20 Å². The molecule has 1 aliphatic heterocycles. The first-order chi connectivity index (χ1) is 15.6. The maximum Gasteiger partial charge on any atom is 0.490 e. The number of rotatable bonds is 9. The molecule has 3 rings (SSSR count). The highest BCUT2D eigenvalue weighted by Crippen LogP contribution is 2.66. The van der Waals surface area contributed by atoms with Crippen molar-refractivity contribution in [3.8, 4) is 11.3 Å². The van der Waals surface area contributed by atoms with Gasteiger partial charge in [0.05, 0.1) is 18.4 Å². The number of phosphoric ester groups is 1. The van der Waals surface area contributed by atoms with Gasteiger partial charge in [0.15, 0.2) is 6.23 Å². The van der Waals surface area contributed by atoms with Crippen LogP contribution in [-0.2, 0) is 31.6 Å². The molecule has 0 spiro atoms. The Morgan fingerprint density at radius 1 is 1.06 bits per heavy atom. The fraction of sp³-hybridized carbons (Fsp3) is 0.455. The minimum atomic E-state index is -5.77. The third kappa shape index (κ3) is 6.41. The van der Waals surface area contributed by atoms with E-state index in [2.05, 4.69) is 28.6 Å². The van der Waals surface area contributed by atoms with Gasteiger partial charge in [-0.25, -0.2) is 18.5 Å². The predicted molar refractivity (Wildman–Crippen MR) is 102 cm³/mol. The van der Waals surface area contributed by atoms with E-state index < -0.39 is 65.9 Å². The van der Waals surface area contributed by atoms with Gasteiger partial charge in [-0.2, -0.15) is 24.0 Å². The lowest BCUT2D eigenvalue weighted by Gasteiger charge is -2.19. The first-order valence-electron chi connectivity index (χ1n) is 8.60. The number of aliphatic hydroxyl groups is 2. The molecule has 2 aromatic heterocycles. The van der Waals surface area contributed by atoms with Crippen LogP contribution in [0.25, 0.3) is 11.3 Å². The fourth-order valence-corrected chi connectivity index (χ4v) is 5.79. The molecule has 1 saturated heterocycles. The van der Waals surface area contributed by atoms with Crippen molar-refractivity contribution in [2.24, 2.45) is 0 Å². The van der Waals surface area contributed by atoms with Crippen molar-refractivity contribution in [3.05, 3.63) is 33.2 Å². The zero-order chi connectivity index (χ0) is 25.5. The molecule has 0 aliphatic carbocycles. The van der Waals surface area contributed by atoms with Crippen LogP contribution in [0.3, 0.4) is 0 Å². The molecular weight excluding hydrogens is 535 g/mol. The van der Waals surface area contributed by atoms with Crippen molar-refractivity contribution in [3.63, 3.8) is 0 Å². The van der Waals surface area contributed by atoms with Crippen LogP contribution in [0.5, 0.6) is 0 Å². The van der Waals surface area contributed by atoms with Crippen LogP contribution in [-0.4, -0.2) is 79.7 Å². The van der Waals surface area contributed by atoms with Crippen LogP contribution in [0.15, 0.2) is 22.0 Å². The molecule has 3 unspecified atom stereocenters.